The fourth-order valence-corrected chi connectivity index (χ4v) is 3.00. The number of rotatable bonds is 8. The Morgan fingerprint density at radius 3 is 2.77 bits per heavy atom. The van der Waals surface area contributed by atoms with E-state index in [0.29, 0.717) is 16.5 Å². The molecule has 0 saturated heterocycles. The van der Waals surface area contributed by atoms with Crippen LogP contribution in [0, 0.1) is 5.82 Å². The number of carbonyl (C=O) groups is 2. The Morgan fingerprint density at radius 2 is 2.12 bits per heavy atom. The topological polar surface area (TPSA) is 96.2 Å². The zero-order valence-corrected chi connectivity index (χ0v) is 15.3. The highest BCUT2D eigenvalue weighted by Gasteiger charge is 2.15. The number of amides is 2. The molecule has 7 nitrogen and oxygen atoms in total. The summed E-state index contributed by atoms with van der Waals surface area (Å²) in [4.78, 5) is 28.2. The molecule has 2 rings (SSSR count). The average molecular weight is 380 g/mol. The molecule has 0 fully saturated rings. The Kier molecular flexibility index (Phi) is 7.16. The molecule has 1 aromatic heterocycles. The molecule has 9 heteroatoms. The van der Waals surface area contributed by atoms with E-state index in [1.165, 1.54) is 24.4 Å². The maximum atomic E-state index is 13.1. The van der Waals surface area contributed by atoms with E-state index in [0.717, 1.165) is 11.8 Å². The molecule has 0 aliphatic rings. The van der Waals surface area contributed by atoms with Crippen molar-refractivity contribution in [2.24, 2.45) is 0 Å². The van der Waals surface area contributed by atoms with Crippen LogP contribution in [0.15, 0.2) is 35.6 Å². The summed E-state index contributed by atoms with van der Waals surface area (Å²) in [5.41, 5.74) is 0.850. The Morgan fingerprint density at radius 1 is 1.35 bits per heavy atom. The van der Waals surface area contributed by atoms with Crippen LogP contribution in [0.3, 0.4) is 0 Å². The Hall–Kier alpha value is -2.39. The molecule has 140 valence electrons. The van der Waals surface area contributed by atoms with E-state index in [2.05, 4.69) is 15.6 Å². The minimum Gasteiger partial charge on any atom is -0.390 e. The fraction of sp³-hybridized carbons (Fsp3) is 0.353. The van der Waals surface area contributed by atoms with E-state index in [1.807, 2.05) is 13.8 Å². The molecule has 1 heterocycles. The molecule has 26 heavy (non-hydrogen) atoms. The predicted molar refractivity (Wildman–Crippen MR) is 97.2 cm³/mol. The van der Waals surface area contributed by atoms with Crippen LogP contribution in [-0.4, -0.2) is 38.3 Å². The smallest absolute Gasteiger partial charge is 0.240 e. The molecular formula is C17H21FN4O3S. The summed E-state index contributed by atoms with van der Waals surface area (Å²) in [5, 5.41) is 15.2. The molecule has 0 spiro atoms. The summed E-state index contributed by atoms with van der Waals surface area (Å²) in [6.07, 6.45) is 1.47. The summed E-state index contributed by atoms with van der Waals surface area (Å²) in [6, 6.07) is 5.61. The van der Waals surface area contributed by atoms with E-state index in [1.54, 1.807) is 10.6 Å². The number of imidazole rings is 1. The van der Waals surface area contributed by atoms with Crippen molar-refractivity contribution < 1.29 is 19.1 Å². The van der Waals surface area contributed by atoms with Gasteiger partial charge in [-0.05, 0) is 32.0 Å². The van der Waals surface area contributed by atoms with Crippen molar-refractivity contribution in [3.8, 4) is 0 Å². The molecule has 3 N–H and O–H groups in total. The van der Waals surface area contributed by atoms with Gasteiger partial charge in [0.1, 0.15) is 12.4 Å². The lowest BCUT2D eigenvalue weighted by Gasteiger charge is -2.12. The minimum atomic E-state index is -0.435. The largest absolute Gasteiger partial charge is 0.390 e. The molecule has 0 atom stereocenters. The predicted octanol–water partition coefficient (Wildman–Crippen LogP) is 1.77. The van der Waals surface area contributed by atoms with E-state index in [4.69, 9.17) is 0 Å². The third-order valence-electron chi connectivity index (χ3n) is 3.26. The number of benzene rings is 1. The molecule has 0 saturated carbocycles. The third kappa shape index (κ3) is 5.85. The highest BCUT2D eigenvalue weighted by Crippen LogP contribution is 2.19. The molecule has 0 radical (unpaired) electrons. The standard InChI is InChI=1S/C17H21FN4O3S/c1-11(2)20-15(24)8-22-14(9-23)7-19-17(22)26-10-16(25)21-13-5-3-4-12(18)6-13/h3-7,11,23H,8-10H2,1-2H3,(H,20,24)(H,21,25). The summed E-state index contributed by atoms with van der Waals surface area (Å²) in [6.45, 7) is 3.44. The van der Waals surface area contributed by atoms with Crippen molar-refractivity contribution >= 4 is 29.3 Å². The van der Waals surface area contributed by atoms with Crippen molar-refractivity contribution in [1.29, 1.82) is 0 Å². The molecule has 0 aliphatic carbocycles. The SMILES string of the molecule is CC(C)NC(=O)Cn1c(CO)cnc1SCC(=O)Nc1cccc(F)c1. The van der Waals surface area contributed by atoms with Gasteiger partial charge in [0.2, 0.25) is 11.8 Å². The molecule has 0 unspecified atom stereocenters. The second-order valence-corrected chi connectivity index (χ2v) is 6.79. The van der Waals surface area contributed by atoms with Crippen molar-refractivity contribution in [1.82, 2.24) is 14.9 Å². The van der Waals surface area contributed by atoms with Crippen molar-refractivity contribution in [3.63, 3.8) is 0 Å². The number of aliphatic hydroxyl groups is 1. The number of nitrogens with zero attached hydrogens (tertiary/aromatic N) is 2. The van der Waals surface area contributed by atoms with Crippen LogP contribution in [0.1, 0.15) is 19.5 Å². The number of anilines is 1. The van der Waals surface area contributed by atoms with Crippen LogP contribution < -0.4 is 10.6 Å². The van der Waals surface area contributed by atoms with Crippen molar-refractivity contribution in [2.75, 3.05) is 11.1 Å². The number of carbonyl (C=O) groups excluding carboxylic acids is 2. The minimum absolute atomic E-state index is 0.00191. The van der Waals surface area contributed by atoms with Gasteiger partial charge in [0, 0.05) is 11.7 Å². The molecule has 2 amide bonds. The quantitative estimate of drug-likeness (QED) is 0.607. The molecular weight excluding hydrogens is 359 g/mol. The van der Waals surface area contributed by atoms with Crippen molar-refractivity contribution in [2.45, 2.75) is 38.2 Å². The number of hydrogen-bond donors (Lipinski definition) is 3. The van der Waals surface area contributed by atoms with Crippen LogP contribution >= 0.6 is 11.8 Å². The van der Waals surface area contributed by atoms with Gasteiger partial charge in [-0.25, -0.2) is 9.37 Å². The van der Waals surface area contributed by atoms with Gasteiger partial charge in [0.25, 0.3) is 0 Å². The van der Waals surface area contributed by atoms with E-state index in [9.17, 15) is 19.1 Å². The average Bonchev–Trinajstić information content (AvgIpc) is 2.94. The zero-order valence-electron chi connectivity index (χ0n) is 14.5. The Bertz CT molecular complexity index is 779. The highest BCUT2D eigenvalue weighted by molar-refractivity contribution is 7.99. The summed E-state index contributed by atoms with van der Waals surface area (Å²) >= 11 is 1.13. The maximum Gasteiger partial charge on any atom is 0.240 e. The maximum absolute atomic E-state index is 13.1. The van der Waals surface area contributed by atoms with Gasteiger partial charge in [-0.1, -0.05) is 17.8 Å². The monoisotopic (exact) mass is 380 g/mol. The second kappa shape index (κ2) is 9.35. The normalized spacial score (nSPS) is 10.8. The second-order valence-electron chi connectivity index (χ2n) is 5.85. The van der Waals surface area contributed by atoms with Gasteiger partial charge >= 0.3 is 0 Å². The van der Waals surface area contributed by atoms with Gasteiger partial charge < -0.3 is 20.3 Å². The number of aliphatic hydroxyl groups excluding tert-OH is 1. The molecule has 2 aromatic rings. The molecule has 0 aliphatic heterocycles. The Labute approximate surface area is 155 Å². The third-order valence-corrected chi connectivity index (χ3v) is 4.25. The highest BCUT2D eigenvalue weighted by atomic mass is 32.2. The molecule has 0 bridgehead atoms. The Balaban J connectivity index is 1.99. The van der Waals surface area contributed by atoms with Gasteiger partial charge in [-0.2, -0.15) is 0 Å². The lowest BCUT2D eigenvalue weighted by Crippen LogP contribution is -2.33. The first kappa shape index (κ1) is 19.9. The van der Waals surface area contributed by atoms with E-state index >= 15 is 0 Å². The summed E-state index contributed by atoms with van der Waals surface area (Å²) < 4.78 is 14.7. The van der Waals surface area contributed by atoms with E-state index < -0.39 is 5.82 Å². The van der Waals surface area contributed by atoms with Crippen LogP contribution in [-0.2, 0) is 22.7 Å². The fourth-order valence-electron chi connectivity index (χ4n) is 2.21. The van der Waals surface area contributed by atoms with Crippen LogP contribution in [0.5, 0.6) is 0 Å². The molecule has 1 aromatic carbocycles. The first-order valence-corrected chi connectivity index (χ1v) is 9.00. The van der Waals surface area contributed by atoms with Crippen LogP contribution in [0.2, 0.25) is 0 Å². The van der Waals surface area contributed by atoms with Gasteiger partial charge in [-0.15, -0.1) is 0 Å². The number of nitrogens with one attached hydrogen (secondary N) is 2. The number of thioether (sulfide) groups is 1. The lowest BCUT2D eigenvalue weighted by molar-refractivity contribution is -0.122. The lowest BCUT2D eigenvalue weighted by atomic mass is 10.3. The summed E-state index contributed by atoms with van der Waals surface area (Å²) in [5.74, 6) is -0.940. The van der Waals surface area contributed by atoms with Crippen molar-refractivity contribution in [3.05, 3.63) is 42.0 Å². The number of aromatic nitrogens is 2. The van der Waals surface area contributed by atoms with Crippen LogP contribution in [0.4, 0.5) is 10.1 Å². The number of halogens is 1. The van der Waals surface area contributed by atoms with Gasteiger partial charge in [0.15, 0.2) is 5.16 Å². The van der Waals surface area contributed by atoms with Gasteiger partial charge in [-0.3, -0.25) is 9.59 Å². The first-order chi connectivity index (χ1) is 12.4. The van der Waals surface area contributed by atoms with E-state index in [-0.39, 0.29) is 36.8 Å². The number of hydrogen-bond acceptors (Lipinski definition) is 5. The van der Waals surface area contributed by atoms with Gasteiger partial charge in [0.05, 0.1) is 24.3 Å². The first-order valence-electron chi connectivity index (χ1n) is 8.02. The van der Waals surface area contributed by atoms with Crippen LogP contribution in [0.25, 0.3) is 0 Å². The zero-order chi connectivity index (χ0) is 19.1. The summed E-state index contributed by atoms with van der Waals surface area (Å²) in [7, 11) is 0.